The first-order valence-electron chi connectivity index (χ1n) is 15.3. The first-order chi connectivity index (χ1) is 20.3. The highest BCUT2D eigenvalue weighted by Gasteiger charge is 2.36. The number of rotatable bonds is 1. The first-order valence-corrected chi connectivity index (χ1v) is 16.8. The number of halogens is 1. The van der Waals surface area contributed by atoms with Gasteiger partial charge in [0.1, 0.15) is 11.9 Å². The fraction of sp³-hybridized carbons (Fsp3) is 0.531. The number of hydrogen-bond donors (Lipinski definition) is 1. The monoisotopic (exact) mass is 594 g/mol. The number of nitrogens with zero attached hydrogens (tertiary/aromatic N) is 3. The van der Waals surface area contributed by atoms with Gasteiger partial charge < -0.3 is 14.2 Å². The maximum Gasteiger partial charge on any atom is 0.304 e. The summed E-state index contributed by atoms with van der Waals surface area (Å²) < 4.78 is 54.6. The topological polar surface area (TPSA) is 83.9 Å². The lowest BCUT2D eigenvalue weighted by molar-refractivity contribution is 0.0976. The normalized spacial score (nSPS) is 30.0. The van der Waals surface area contributed by atoms with Crippen LogP contribution >= 0.6 is 0 Å². The number of amides is 1. The molecule has 0 radical (unpaired) electrons. The van der Waals surface area contributed by atoms with Crippen LogP contribution in [0.2, 0.25) is 0 Å². The number of alkyl halides is 1. The molecule has 4 aliphatic heterocycles. The zero-order valence-corrected chi connectivity index (χ0v) is 24.9. The fourth-order valence-corrected chi connectivity index (χ4v) is 8.77. The minimum absolute atomic E-state index is 0.196. The van der Waals surface area contributed by atoms with Crippen LogP contribution in [0.25, 0.3) is 22.2 Å². The first kappa shape index (κ1) is 27.9. The van der Waals surface area contributed by atoms with E-state index >= 15 is 4.39 Å². The van der Waals surface area contributed by atoms with E-state index in [0.717, 1.165) is 65.7 Å². The second-order valence-corrected chi connectivity index (χ2v) is 14.2. The molecule has 2 fully saturated rings. The predicted octanol–water partition coefficient (Wildman–Crippen LogP) is 5.09. The molecule has 3 atom stereocenters. The van der Waals surface area contributed by atoms with Gasteiger partial charge in [0.25, 0.3) is 5.91 Å². The minimum atomic E-state index is -3.97. The molecule has 1 saturated heterocycles. The quantitative estimate of drug-likeness (QED) is 0.425. The molecular formula is C32H39FN4O4S. The Balaban J connectivity index is 1.44. The van der Waals surface area contributed by atoms with Crippen LogP contribution in [0.5, 0.6) is 5.75 Å². The van der Waals surface area contributed by atoms with E-state index in [1.54, 1.807) is 12.1 Å². The van der Waals surface area contributed by atoms with Crippen molar-refractivity contribution in [1.29, 1.82) is 0 Å². The Labute approximate surface area is 247 Å². The van der Waals surface area contributed by atoms with Crippen molar-refractivity contribution in [3.05, 3.63) is 53.6 Å². The molecule has 224 valence electrons. The summed E-state index contributed by atoms with van der Waals surface area (Å²) in [5.41, 5.74) is 4.00. The zero-order chi connectivity index (χ0) is 29.0. The van der Waals surface area contributed by atoms with Gasteiger partial charge in [-0.2, -0.15) is 12.7 Å². The van der Waals surface area contributed by atoms with Gasteiger partial charge in [-0.25, -0.2) is 9.11 Å². The zero-order valence-electron chi connectivity index (χ0n) is 24.1. The van der Waals surface area contributed by atoms with E-state index in [4.69, 9.17) is 4.74 Å². The Hall–Kier alpha value is -2.95. The maximum atomic E-state index is 15.7. The Morgan fingerprint density at radius 1 is 0.976 bits per heavy atom. The Bertz CT molecular complexity index is 1610. The molecule has 8 nitrogen and oxygen atoms in total. The number of ether oxygens (including phenoxy) is 1. The van der Waals surface area contributed by atoms with Gasteiger partial charge in [0, 0.05) is 59.5 Å². The van der Waals surface area contributed by atoms with Crippen LogP contribution in [-0.2, 0) is 16.8 Å². The van der Waals surface area contributed by atoms with Crippen LogP contribution in [0.1, 0.15) is 66.8 Å². The van der Waals surface area contributed by atoms with E-state index in [2.05, 4.69) is 21.2 Å². The van der Waals surface area contributed by atoms with Crippen molar-refractivity contribution in [2.24, 2.45) is 5.92 Å². The summed E-state index contributed by atoms with van der Waals surface area (Å²) in [6.07, 6.45) is 4.55. The minimum Gasteiger partial charge on any atom is -0.493 e. The number of benzene rings is 2. The number of fused-ring (bicyclic) bond motifs is 8. The molecule has 2 aromatic carbocycles. The fourth-order valence-electron chi connectivity index (χ4n) is 7.60. The molecule has 6 bridgehead atoms. The molecule has 1 N–H and O–H groups in total. The second-order valence-electron chi connectivity index (χ2n) is 12.5. The smallest absolute Gasteiger partial charge is 0.304 e. The van der Waals surface area contributed by atoms with Gasteiger partial charge in [-0.05, 0) is 75.5 Å². The van der Waals surface area contributed by atoms with Crippen LogP contribution in [0.15, 0.2) is 42.5 Å². The Morgan fingerprint density at radius 2 is 1.76 bits per heavy atom. The van der Waals surface area contributed by atoms with Gasteiger partial charge >= 0.3 is 10.2 Å². The van der Waals surface area contributed by atoms with Gasteiger partial charge in [0.05, 0.1) is 12.3 Å². The van der Waals surface area contributed by atoms with Crippen LogP contribution < -0.4 is 9.46 Å². The Kier molecular flexibility index (Phi) is 7.27. The number of aromatic nitrogens is 1. The average molecular weight is 595 g/mol. The maximum absolute atomic E-state index is 15.7. The van der Waals surface area contributed by atoms with Crippen LogP contribution in [0.3, 0.4) is 0 Å². The van der Waals surface area contributed by atoms with E-state index in [1.807, 2.05) is 30.3 Å². The van der Waals surface area contributed by atoms with Crippen molar-refractivity contribution in [3.63, 3.8) is 0 Å². The molecule has 42 heavy (non-hydrogen) atoms. The molecule has 1 aromatic heterocycles. The number of nitrogens with one attached hydrogen (secondary N) is 1. The van der Waals surface area contributed by atoms with E-state index in [0.29, 0.717) is 45.5 Å². The van der Waals surface area contributed by atoms with Crippen LogP contribution in [0.4, 0.5) is 4.39 Å². The summed E-state index contributed by atoms with van der Waals surface area (Å²) in [7, 11) is -1.86. The van der Waals surface area contributed by atoms with Crippen molar-refractivity contribution in [2.75, 3.05) is 33.3 Å². The number of para-hydroxylation sites is 1. The molecule has 3 aromatic rings. The van der Waals surface area contributed by atoms with Crippen molar-refractivity contribution >= 4 is 27.0 Å². The SMILES string of the molecule is CN1CCC2COc3ccccc3-c3c([C@H]4CCCC[C@@H]4F)c4ccc(cc4n3C2)C(=O)NS(=O)(=O)N2CCC1CC2. The van der Waals surface area contributed by atoms with Gasteiger partial charge in [-0.15, -0.1) is 0 Å². The third kappa shape index (κ3) is 4.91. The van der Waals surface area contributed by atoms with E-state index in [9.17, 15) is 13.2 Å². The summed E-state index contributed by atoms with van der Waals surface area (Å²) in [5, 5.41) is 0.926. The number of carbonyl (C=O) groups is 1. The lowest BCUT2D eigenvalue weighted by Gasteiger charge is -2.36. The average Bonchev–Trinajstić information content (AvgIpc) is 3.29. The van der Waals surface area contributed by atoms with E-state index < -0.39 is 22.3 Å². The summed E-state index contributed by atoms with van der Waals surface area (Å²) >= 11 is 0. The summed E-state index contributed by atoms with van der Waals surface area (Å²) in [5.74, 6) is 0.0824. The highest BCUT2D eigenvalue weighted by molar-refractivity contribution is 7.87. The number of hydrogen-bond acceptors (Lipinski definition) is 5. The molecule has 1 amide bonds. The molecular weight excluding hydrogens is 555 g/mol. The van der Waals surface area contributed by atoms with Crippen molar-refractivity contribution in [2.45, 2.75) is 69.6 Å². The lowest BCUT2D eigenvalue weighted by Crippen LogP contribution is -2.50. The van der Waals surface area contributed by atoms with Gasteiger partial charge in [0.15, 0.2) is 0 Å². The standard InChI is InChI=1S/C32H39FN4O4S/c1-35-15-12-21-19-37-28-18-22(32(38)34-42(39,40)36-16-13-23(35)14-17-36)10-11-25(28)30(24-6-2-4-8-27(24)33)31(37)26-7-3-5-9-29(26)41-20-21/h3,5,7,9-11,18,21,23-24,27H,2,4,6,8,12-17,19-20H2,1H3,(H,34,38)/t21?,24-,27-/m0/s1. The third-order valence-electron chi connectivity index (χ3n) is 9.97. The summed E-state index contributed by atoms with van der Waals surface area (Å²) in [6, 6.07) is 13.7. The van der Waals surface area contributed by atoms with Crippen LogP contribution in [0, 0.1) is 5.92 Å². The van der Waals surface area contributed by atoms with Crippen molar-refractivity contribution in [3.8, 4) is 17.0 Å². The van der Waals surface area contributed by atoms with Crippen molar-refractivity contribution < 1.29 is 22.3 Å². The molecule has 1 unspecified atom stereocenters. The summed E-state index contributed by atoms with van der Waals surface area (Å²) in [4.78, 5) is 15.8. The van der Waals surface area contributed by atoms with Crippen molar-refractivity contribution in [1.82, 2.24) is 18.5 Å². The molecule has 10 heteroatoms. The summed E-state index contributed by atoms with van der Waals surface area (Å²) in [6.45, 7) is 2.85. The Morgan fingerprint density at radius 3 is 2.57 bits per heavy atom. The molecule has 0 spiro atoms. The third-order valence-corrected chi connectivity index (χ3v) is 11.5. The van der Waals surface area contributed by atoms with Gasteiger partial charge in [-0.1, -0.05) is 31.0 Å². The van der Waals surface area contributed by atoms with Gasteiger partial charge in [-0.3, -0.25) is 4.79 Å². The lowest BCUT2D eigenvalue weighted by atomic mass is 9.80. The molecule has 5 heterocycles. The highest BCUT2D eigenvalue weighted by Crippen LogP contribution is 2.48. The number of carbonyl (C=O) groups excluding carboxylic acids is 1. The van der Waals surface area contributed by atoms with Crippen LogP contribution in [-0.4, -0.2) is 73.6 Å². The number of piperidine rings is 1. The van der Waals surface area contributed by atoms with E-state index in [1.165, 1.54) is 4.31 Å². The second kappa shape index (κ2) is 11.0. The highest BCUT2D eigenvalue weighted by atomic mass is 32.2. The molecule has 1 saturated carbocycles. The molecule has 8 rings (SSSR count). The van der Waals surface area contributed by atoms with E-state index in [-0.39, 0.29) is 23.4 Å². The molecule has 1 aliphatic carbocycles. The molecule has 5 aliphatic rings. The predicted molar refractivity (Wildman–Crippen MR) is 161 cm³/mol. The van der Waals surface area contributed by atoms with Gasteiger partial charge in [0.2, 0.25) is 0 Å². The largest absolute Gasteiger partial charge is 0.493 e.